The van der Waals surface area contributed by atoms with Gasteiger partial charge in [-0.25, -0.2) is 0 Å². The second-order valence-corrected chi connectivity index (χ2v) is 5.06. The summed E-state index contributed by atoms with van der Waals surface area (Å²) in [5.41, 5.74) is 4.11. The van der Waals surface area contributed by atoms with Gasteiger partial charge in [0.25, 0.3) is 0 Å². The molecular weight excluding hydrogens is 262 g/mol. The van der Waals surface area contributed by atoms with Crippen molar-refractivity contribution < 1.29 is 9.47 Å². The first-order valence-corrected chi connectivity index (χ1v) is 6.94. The van der Waals surface area contributed by atoms with Crippen LogP contribution in [0, 0.1) is 32.1 Å². The Balaban J connectivity index is 1.89. The molecule has 0 aliphatic rings. The zero-order valence-corrected chi connectivity index (χ0v) is 12.6. The Hall–Kier alpha value is -2.47. The van der Waals surface area contributed by atoms with Crippen molar-refractivity contribution in [2.75, 3.05) is 13.2 Å². The fourth-order valence-electron chi connectivity index (χ4n) is 2.35. The molecular formula is C18H19NO2. The van der Waals surface area contributed by atoms with E-state index < -0.39 is 0 Å². The molecule has 2 rings (SSSR count). The maximum Gasteiger partial charge on any atom is 0.125 e. The molecule has 2 aromatic rings. The lowest BCUT2D eigenvalue weighted by molar-refractivity contribution is 0.215. The topological polar surface area (TPSA) is 42.2 Å². The summed E-state index contributed by atoms with van der Waals surface area (Å²) in [6, 6.07) is 13.4. The van der Waals surface area contributed by atoms with E-state index in [1.54, 1.807) is 12.1 Å². The maximum atomic E-state index is 8.84. The fraction of sp³-hybridized carbons (Fsp3) is 0.278. The molecule has 0 saturated heterocycles. The molecule has 3 heteroatoms. The molecule has 21 heavy (non-hydrogen) atoms. The average Bonchev–Trinajstić information content (AvgIpc) is 2.45. The summed E-state index contributed by atoms with van der Waals surface area (Å²) in [5.74, 6) is 1.62. The zero-order chi connectivity index (χ0) is 15.2. The second-order valence-electron chi connectivity index (χ2n) is 5.06. The third-order valence-corrected chi connectivity index (χ3v) is 3.17. The lowest BCUT2D eigenvalue weighted by Crippen LogP contribution is -2.10. The van der Waals surface area contributed by atoms with Crippen LogP contribution in [0.25, 0.3) is 0 Å². The van der Waals surface area contributed by atoms with Crippen LogP contribution in [0.1, 0.15) is 22.3 Å². The predicted molar refractivity (Wildman–Crippen MR) is 82.8 cm³/mol. The Kier molecular flexibility index (Phi) is 4.84. The van der Waals surface area contributed by atoms with Gasteiger partial charge >= 0.3 is 0 Å². The van der Waals surface area contributed by atoms with E-state index in [2.05, 4.69) is 25.1 Å². The third kappa shape index (κ3) is 4.00. The summed E-state index contributed by atoms with van der Waals surface area (Å²) in [7, 11) is 0. The van der Waals surface area contributed by atoms with E-state index in [0.29, 0.717) is 24.5 Å². The molecule has 0 aliphatic heterocycles. The minimum absolute atomic E-state index is 0.446. The molecule has 0 radical (unpaired) electrons. The van der Waals surface area contributed by atoms with E-state index in [-0.39, 0.29) is 0 Å². The smallest absolute Gasteiger partial charge is 0.125 e. The van der Waals surface area contributed by atoms with Crippen LogP contribution in [-0.2, 0) is 0 Å². The Labute approximate surface area is 125 Å². The summed E-state index contributed by atoms with van der Waals surface area (Å²) in [6.45, 7) is 7.09. The summed E-state index contributed by atoms with van der Waals surface area (Å²) < 4.78 is 11.4. The molecule has 0 aliphatic carbocycles. The fourth-order valence-corrected chi connectivity index (χ4v) is 2.35. The molecule has 0 amide bonds. The highest BCUT2D eigenvalue weighted by Gasteiger charge is 2.05. The number of benzene rings is 2. The van der Waals surface area contributed by atoms with E-state index in [1.807, 2.05) is 26.0 Å². The van der Waals surface area contributed by atoms with Gasteiger partial charge in [0, 0.05) is 0 Å². The zero-order valence-electron chi connectivity index (χ0n) is 12.6. The van der Waals surface area contributed by atoms with Crippen molar-refractivity contribution in [3.05, 3.63) is 58.7 Å². The normalized spacial score (nSPS) is 10.0. The second kappa shape index (κ2) is 6.81. The molecule has 0 bridgehead atoms. The lowest BCUT2D eigenvalue weighted by atomic mass is 10.1. The van der Waals surface area contributed by atoms with Crippen LogP contribution in [-0.4, -0.2) is 13.2 Å². The average molecular weight is 281 g/mol. The van der Waals surface area contributed by atoms with E-state index >= 15 is 0 Å². The maximum absolute atomic E-state index is 8.84. The molecule has 0 unspecified atom stereocenters. The number of nitrogens with zero attached hydrogens (tertiary/aromatic N) is 1. The monoisotopic (exact) mass is 281 g/mol. The van der Waals surface area contributed by atoms with E-state index in [4.69, 9.17) is 14.7 Å². The molecule has 108 valence electrons. The van der Waals surface area contributed by atoms with Crippen molar-refractivity contribution in [2.45, 2.75) is 20.8 Å². The van der Waals surface area contributed by atoms with Crippen molar-refractivity contribution in [3.63, 3.8) is 0 Å². The molecule has 3 nitrogen and oxygen atoms in total. The molecule has 0 heterocycles. The van der Waals surface area contributed by atoms with E-state index in [9.17, 15) is 0 Å². The van der Waals surface area contributed by atoms with Crippen molar-refractivity contribution in [1.29, 1.82) is 5.26 Å². The Morgan fingerprint density at radius 1 is 0.952 bits per heavy atom. The summed E-state index contributed by atoms with van der Waals surface area (Å²) in [4.78, 5) is 0. The summed E-state index contributed by atoms with van der Waals surface area (Å²) >= 11 is 0. The molecule has 0 atom stereocenters. The lowest BCUT2D eigenvalue weighted by Gasteiger charge is -2.13. The van der Waals surface area contributed by atoms with Gasteiger partial charge in [0.05, 0.1) is 11.6 Å². The van der Waals surface area contributed by atoms with Crippen LogP contribution in [0.4, 0.5) is 0 Å². The van der Waals surface area contributed by atoms with Crippen molar-refractivity contribution in [3.8, 4) is 17.6 Å². The predicted octanol–water partition coefficient (Wildman–Crippen LogP) is 3.94. The van der Waals surface area contributed by atoms with Crippen LogP contribution in [0.5, 0.6) is 11.5 Å². The number of aryl methyl sites for hydroxylation is 3. The minimum atomic E-state index is 0.446. The molecule has 0 N–H and O–H groups in total. The Morgan fingerprint density at radius 3 is 2.29 bits per heavy atom. The number of rotatable bonds is 5. The first-order chi connectivity index (χ1) is 10.1. The molecule has 0 fully saturated rings. The van der Waals surface area contributed by atoms with Gasteiger partial charge in [0.2, 0.25) is 0 Å². The highest BCUT2D eigenvalue weighted by atomic mass is 16.5. The highest BCUT2D eigenvalue weighted by molar-refractivity contribution is 5.43. The standard InChI is InChI=1S/C18H19NO2/c1-13-9-14(2)18(15(3)10-13)21-8-7-20-17-6-4-5-16(11-17)12-19/h4-6,9-11H,7-8H2,1-3H3. The van der Waals surface area contributed by atoms with E-state index in [1.165, 1.54) is 5.56 Å². The van der Waals surface area contributed by atoms with Crippen molar-refractivity contribution in [1.82, 2.24) is 0 Å². The number of hydrogen-bond donors (Lipinski definition) is 0. The third-order valence-electron chi connectivity index (χ3n) is 3.17. The van der Waals surface area contributed by atoms with Gasteiger partial charge in [-0.2, -0.15) is 5.26 Å². The number of ether oxygens (including phenoxy) is 2. The van der Waals surface area contributed by atoms with Gasteiger partial charge in [-0.1, -0.05) is 23.8 Å². The van der Waals surface area contributed by atoms with Crippen LogP contribution < -0.4 is 9.47 Å². The van der Waals surface area contributed by atoms with Crippen LogP contribution in [0.3, 0.4) is 0 Å². The quantitative estimate of drug-likeness (QED) is 0.779. The highest BCUT2D eigenvalue weighted by Crippen LogP contribution is 2.24. The van der Waals surface area contributed by atoms with Gasteiger partial charge < -0.3 is 9.47 Å². The van der Waals surface area contributed by atoms with Crippen LogP contribution in [0.2, 0.25) is 0 Å². The van der Waals surface area contributed by atoms with Crippen LogP contribution >= 0.6 is 0 Å². The van der Waals surface area contributed by atoms with Crippen molar-refractivity contribution >= 4 is 0 Å². The molecule has 0 spiro atoms. The minimum Gasteiger partial charge on any atom is -0.490 e. The van der Waals surface area contributed by atoms with E-state index in [0.717, 1.165) is 16.9 Å². The largest absolute Gasteiger partial charge is 0.490 e. The van der Waals surface area contributed by atoms with Gasteiger partial charge in [-0.15, -0.1) is 0 Å². The van der Waals surface area contributed by atoms with Crippen molar-refractivity contribution in [2.24, 2.45) is 0 Å². The first-order valence-electron chi connectivity index (χ1n) is 6.94. The number of hydrogen-bond acceptors (Lipinski definition) is 3. The SMILES string of the molecule is Cc1cc(C)c(OCCOc2cccc(C#N)c2)c(C)c1. The summed E-state index contributed by atoms with van der Waals surface area (Å²) in [5, 5.41) is 8.84. The first kappa shape index (κ1) is 14.9. The van der Waals surface area contributed by atoms with Gasteiger partial charge in [-0.05, 0) is 50.1 Å². The van der Waals surface area contributed by atoms with Crippen LogP contribution in [0.15, 0.2) is 36.4 Å². The van der Waals surface area contributed by atoms with Gasteiger partial charge in [-0.3, -0.25) is 0 Å². The molecule has 2 aromatic carbocycles. The van der Waals surface area contributed by atoms with Gasteiger partial charge in [0.15, 0.2) is 0 Å². The Bertz CT molecular complexity index is 648. The Morgan fingerprint density at radius 2 is 1.62 bits per heavy atom. The molecule has 0 saturated carbocycles. The molecule has 0 aromatic heterocycles. The number of nitriles is 1. The summed E-state index contributed by atoms with van der Waals surface area (Å²) in [6.07, 6.45) is 0. The van der Waals surface area contributed by atoms with Gasteiger partial charge in [0.1, 0.15) is 24.7 Å².